The number of benzene rings is 1. The van der Waals surface area contributed by atoms with Crippen molar-refractivity contribution in [3.8, 4) is 11.4 Å². The first-order chi connectivity index (χ1) is 16.1. The van der Waals surface area contributed by atoms with Crippen LogP contribution in [0.2, 0.25) is 0 Å². The summed E-state index contributed by atoms with van der Waals surface area (Å²) in [7, 11) is 0. The summed E-state index contributed by atoms with van der Waals surface area (Å²) in [5.41, 5.74) is 3.71. The highest BCUT2D eigenvalue weighted by Crippen LogP contribution is 2.39. The number of anilines is 1. The fourth-order valence-electron chi connectivity index (χ4n) is 4.14. The summed E-state index contributed by atoms with van der Waals surface area (Å²) in [6.45, 7) is 4.65. The molecule has 1 aromatic carbocycles. The molecule has 9 nitrogen and oxygen atoms in total. The van der Waals surface area contributed by atoms with Gasteiger partial charge in [-0.15, -0.1) is 0 Å². The van der Waals surface area contributed by atoms with Gasteiger partial charge in [0.25, 0.3) is 11.9 Å². The molecule has 0 unspecified atom stereocenters. The highest BCUT2D eigenvalue weighted by atomic mass is 16.5. The fourth-order valence-corrected chi connectivity index (χ4v) is 4.14. The van der Waals surface area contributed by atoms with Gasteiger partial charge >= 0.3 is 0 Å². The zero-order chi connectivity index (χ0) is 22.4. The van der Waals surface area contributed by atoms with E-state index in [1.54, 1.807) is 0 Å². The number of hydrogen-bond acceptors (Lipinski definition) is 8. The highest BCUT2D eigenvalue weighted by Gasteiger charge is 2.30. The van der Waals surface area contributed by atoms with Crippen molar-refractivity contribution < 1.29 is 13.7 Å². The zero-order valence-electron chi connectivity index (χ0n) is 18.4. The van der Waals surface area contributed by atoms with Gasteiger partial charge < -0.3 is 18.7 Å². The molecule has 4 aromatic rings. The number of oxazole rings is 1. The summed E-state index contributed by atoms with van der Waals surface area (Å²) in [5.74, 6) is 1.73. The molecule has 1 aliphatic heterocycles. The molecule has 0 N–H and O–H groups in total. The first kappa shape index (κ1) is 19.9. The van der Waals surface area contributed by atoms with Crippen LogP contribution in [0.25, 0.3) is 22.6 Å². The molecule has 1 saturated carbocycles. The Hall–Kier alpha value is -3.75. The second kappa shape index (κ2) is 7.99. The quantitative estimate of drug-likeness (QED) is 0.468. The van der Waals surface area contributed by atoms with Gasteiger partial charge in [-0.3, -0.25) is 4.79 Å². The third kappa shape index (κ3) is 3.94. The van der Waals surface area contributed by atoms with Gasteiger partial charge in [-0.05, 0) is 50.5 Å². The SMILES string of the molecule is Cc1ccc2oc(N3CCCN(C(=O)c4ccc(-c5noc(C6CC6)n5)cc4)CC3)nc2n1. The van der Waals surface area contributed by atoms with E-state index in [-0.39, 0.29) is 5.91 Å². The maximum atomic E-state index is 13.1. The van der Waals surface area contributed by atoms with E-state index in [9.17, 15) is 4.79 Å². The Kier molecular flexibility index (Phi) is 4.82. The predicted octanol–water partition coefficient (Wildman–Crippen LogP) is 3.81. The second-order valence-corrected chi connectivity index (χ2v) is 8.71. The summed E-state index contributed by atoms with van der Waals surface area (Å²) in [6, 6.07) is 11.8. The van der Waals surface area contributed by atoms with Crippen molar-refractivity contribution in [2.24, 2.45) is 0 Å². The minimum Gasteiger partial charge on any atom is -0.422 e. The van der Waals surface area contributed by atoms with Crippen LogP contribution < -0.4 is 4.90 Å². The van der Waals surface area contributed by atoms with Gasteiger partial charge in [0.1, 0.15) is 0 Å². The van der Waals surface area contributed by atoms with Gasteiger partial charge in [-0.25, -0.2) is 4.98 Å². The van der Waals surface area contributed by atoms with Crippen LogP contribution in [0, 0.1) is 6.92 Å². The number of carbonyl (C=O) groups excluding carboxylic acids is 1. The number of carbonyl (C=O) groups is 1. The molecule has 9 heteroatoms. The van der Waals surface area contributed by atoms with E-state index in [0.717, 1.165) is 37.1 Å². The number of rotatable bonds is 4. The summed E-state index contributed by atoms with van der Waals surface area (Å²) in [4.78, 5) is 30.6. The Morgan fingerprint density at radius 2 is 1.82 bits per heavy atom. The molecule has 3 aromatic heterocycles. The van der Waals surface area contributed by atoms with Crippen LogP contribution in [0.1, 0.15) is 47.1 Å². The Balaban J connectivity index is 1.13. The van der Waals surface area contributed by atoms with Crippen molar-refractivity contribution in [1.29, 1.82) is 0 Å². The largest absolute Gasteiger partial charge is 0.422 e. The fraction of sp³-hybridized carbons (Fsp3) is 0.375. The highest BCUT2D eigenvalue weighted by molar-refractivity contribution is 5.94. The lowest BCUT2D eigenvalue weighted by Crippen LogP contribution is -2.35. The van der Waals surface area contributed by atoms with E-state index in [1.807, 2.05) is 48.2 Å². The van der Waals surface area contributed by atoms with Crippen molar-refractivity contribution >= 4 is 23.2 Å². The summed E-state index contributed by atoms with van der Waals surface area (Å²) in [6.07, 6.45) is 3.07. The van der Waals surface area contributed by atoms with Crippen LogP contribution in [0.4, 0.5) is 6.01 Å². The molecule has 0 spiro atoms. The Bertz CT molecular complexity index is 1310. The molecular formula is C24H24N6O3. The van der Waals surface area contributed by atoms with Crippen molar-refractivity contribution in [3.63, 3.8) is 0 Å². The van der Waals surface area contributed by atoms with Crippen molar-refractivity contribution in [3.05, 3.63) is 53.5 Å². The van der Waals surface area contributed by atoms with Gasteiger partial charge in [0.15, 0.2) is 5.58 Å². The number of aryl methyl sites for hydroxylation is 1. The molecule has 0 bridgehead atoms. The number of fused-ring (bicyclic) bond motifs is 1. The smallest absolute Gasteiger partial charge is 0.300 e. The minimum absolute atomic E-state index is 0.0186. The Morgan fingerprint density at radius 3 is 2.64 bits per heavy atom. The number of amides is 1. The first-order valence-electron chi connectivity index (χ1n) is 11.4. The van der Waals surface area contributed by atoms with E-state index < -0.39 is 0 Å². The molecule has 1 aliphatic carbocycles. The molecule has 33 heavy (non-hydrogen) atoms. The third-order valence-electron chi connectivity index (χ3n) is 6.19. The van der Waals surface area contributed by atoms with E-state index in [0.29, 0.717) is 60.1 Å². The summed E-state index contributed by atoms with van der Waals surface area (Å²) < 4.78 is 11.2. The minimum atomic E-state index is 0.0186. The molecule has 2 fully saturated rings. The molecule has 4 heterocycles. The lowest BCUT2D eigenvalue weighted by atomic mass is 10.1. The number of pyridine rings is 1. The van der Waals surface area contributed by atoms with Crippen molar-refractivity contribution in [1.82, 2.24) is 25.0 Å². The van der Waals surface area contributed by atoms with Gasteiger partial charge in [0.2, 0.25) is 17.4 Å². The zero-order valence-corrected chi connectivity index (χ0v) is 18.4. The van der Waals surface area contributed by atoms with Crippen LogP contribution in [0.15, 0.2) is 45.3 Å². The van der Waals surface area contributed by atoms with E-state index in [2.05, 4.69) is 25.0 Å². The Labute approximate surface area is 190 Å². The van der Waals surface area contributed by atoms with Gasteiger partial charge in [0.05, 0.1) is 0 Å². The van der Waals surface area contributed by atoms with E-state index in [1.165, 1.54) is 0 Å². The molecule has 1 amide bonds. The van der Waals surface area contributed by atoms with Gasteiger partial charge in [0, 0.05) is 48.9 Å². The standard InChI is InChI=1S/C24H24N6O3/c1-15-3-10-19-21(25-15)27-24(32-19)30-12-2-11-29(13-14-30)23(31)18-8-4-16(5-9-18)20-26-22(33-28-20)17-6-7-17/h3-5,8-10,17H,2,6-7,11-14H2,1H3. The maximum Gasteiger partial charge on any atom is 0.300 e. The second-order valence-electron chi connectivity index (χ2n) is 8.71. The van der Waals surface area contributed by atoms with Crippen molar-refractivity contribution in [2.45, 2.75) is 32.1 Å². The maximum absolute atomic E-state index is 13.1. The monoisotopic (exact) mass is 444 g/mol. The number of hydrogen-bond donors (Lipinski definition) is 0. The van der Waals surface area contributed by atoms with Crippen LogP contribution in [0.3, 0.4) is 0 Å². The summed E-state index contributed by atoms with van der Waals surface area (Å²) >= 11 is 0. The first-order valence-corrected chi connectivity index (χ1v) is 11.4. The molecule has 2 aliphatic rings. The lowest BCUT2D eigenvalue weighted by molar-refractivity contribution is 0.0767. The van der Waals surface area contributed by atoms with Crippen molar-refractivity contribution in [2.75, 3.05) is 31.1 Å². The molecule has 0 atom stereocenters. The van der Waals surface area contributed by atoms with Crippen LogP contribution in [0.5, 0.6) is 0 Å². The Morgan fingerprint density at radius 1 is 0.970 bits per heavy atom. The van der Waals surface area contributed by atoms with E-state index in [4.69, 9.17) is 8.94 Å². The molecule has 0 radical (unpaired) electrons. The molecule has 168 valence electrons. The van der Waals surface area contributed by atoms with Gasteiger partial charge in [-0.2, -0.15) is 9.97 Å². The number of aromatic nitrogens is 4. The van der Waals surface area contributed by atoms with Crippen LogP contribution in [-0.4, -0.2) is 57.1 Å². The molecular weight excluding hydrogens is 420 g/mol. The third-order valence-corrected chi connectivity index (χ3v) is 6.19. The van der Waals surface area contributed by atoms with Gasteiger partial charge in [-0.1, -0.05) is 17.3 Å². The lowest BCUT2D eigenvalue weighted by Gasteiger charge is -2.21. The van der Waals surface area contributed by atoms with Crippen LogP contribution >= 0.6 is 0 Å². The average molecular weight is 444 g/mol. The van der Waals surface area contributed by atoms with Crippen LogP contribution in [-0.2, 0) is 0 Å². The average Bonchev–Trinajstić information content (AvgIpc) is 3.50. The predicted molar refractivity (Wildman–Crippen MR) is 121 cm³/mol. The number of nitrogens with zero attached hydrogens (tertiary/aromatic N) is 6. The normalized spacial score (nSPS) is 16.9. The summed E-state index contributed by atoms with van der Waals surface area (Å²) in [5, 5.41) is 4.08. The molecule has 1 saturated heterocycles. The molecule has 6 rings (SSSR count). The van der Waals surface area contributed by atoms with E-state index >= 15 is 0 Å². The topological polar surface area (TPSA) is 101 Å².